The number of hydrogen-bond acceptors (Lipinski definition) is 2. The van der Waals surface area contributed by atoms with Crippen LogP contribution < -0.4 is 0 Å². The molecule has 0 aromatic heterocycles. The highest BCUT2D eigenvalue weighted by Gasteiger charge is 2.06. The van der Waals surface area contributed by atoms with E-state index in [0.717, 1.165) is 4.90 Å². The molecule has 0 unspecified atom stereocenters. The molecule has 0 atom stereocenters. The van der Waals surface area contributed by atoms with Gasteiger partial charge in [-0.15, -0.1) is 0 Å². The number of benzene rings is 2. The monoisotopic (exact) mass is 271 g/mol. The predicted molar refractivity (Wildman–Crippen MR) is 75.8 cm³/mol. The van der Waals surface area contributed by atoms with Gasteiger partial charge in [-0.25, -0.2) is 4.39 Å². The van der Waals surface area contributed by atoms with Crippen LogP contribution in [-0.2, 0) is 0 Å². The topological polar surface area (TPSA) is 23.8 Å². The van der Waals surface area contributed by atoms with E-state index < -0.39 is 0 Å². The van der Waals surface area contributed by atoms with Gasteiger partial charge >= 0.3 is 0 Å². The molecule has 0 amide bonds. The first-order valence-electron chi connectivity index (χ1n) is 6.07. The van der Waals surface area contributed by atoms with Gasteiger partial charge in [0, 0.05) is 9.79 Å². The molecule has 0 heterocycles. The summed E-state index contributed by atoms with van der Waals surface area (Å²) in [4.78, 5) is 1.53. The Morgan fingerprint density at radius 2 is 1.79 bits per heavy atom. The van der Waals surface area contributed by atoms with Gasteiger partial charge in [-0.2, -0.15) is 5.26 Å². The fourth-order valence-corrected chi connectivity index (χ4v) is 2.52. The third-order valence-corrected chi connectivity index (χ3v) is 3.89. The normalized spacial score (nSPS) is 10.5. The molecule has 0 aliphatic heterocycles. The Labute approximate surface area is 117 Å². The van der Waals surface area contributed by atoms with Crippen LogP contribution in [0.2, 0.25) is 0 Å². The lowest BCUT2D eigenvalue weighted by molar-refractivity contribution is 0.601. The molecule has 19 heavy (non-hydrogen) atoms. The number of rotatable bonds is 3. The molecule has 96 valence electrons. The maximum Gasteiger partial charge on any atom is 0.138 e. The summed E-state index contributed by atoms with van der Waals surface area (Å²) in [5, 5.41) is 8.70. The van der Waals surface area contributed by atoms with Crippen LogP contribution in [0.4, 0.5) is 4.39 Å². The Bertz CT molecular complexity index is 612. The van der Waals surface area contributed by atoms with E-state index in [4.69, 9.17) is 5.26 Å². The number of nitrogens with zero attached hydrogens (tertiary/aromatic N) is 1. The SMILES string of the molecule is CC(C)c1ccc(Sc2ccc(C#N)cc2F)cc1. The van der Waals surface area contributed by atoms with E-state index in [1.807, 2.05) is 18.2 Å². The van der Waals surface area contributed by atoms with E-state index in [2.05, 4.69) is 26.0 Å². The van der Waals surface area contributed by atoms with E-state index in [9.17, 15) is 4.39 Å². The molecule has 0 N–H and O–H groups in total. The number of hydrogen-bond donors (Lipinski definition) is 0. The Morgan fingerprint density at radius 1 is 1.11 bits per heavy atom. The summed E-state index contributed by atoms with van der Waals surface area (Å²) in [6, 6.07) is 14.6. The average Bonchev–Trinajstić information content (AvgIpc) is 2.41. The van der Waals surface area contributed by atoms with E-state index in [1.165, 1.54) is 23.4 Å². The summed E-state index contributed by atoms with van der Waals surface area (Å²) < 4.78 is 13.8. The number of nitriles is 1. The maximum absolute atomic E-state index is 13.8. The lowest BCUT2D eigenvalue weighted by Gasteiger charge is -2.07. The van der Waals surface area contributed by atoms with Crippen LogP contribution in [0, 0.1) is 17.1 Å². The van der Waals surface area contributed by atoms with Gasteiger partial charge in [0.25, 0.3) is 0 Å². The zero-order valence-corrected chi connectivity index (χ0v) is 11.7. The summed E-state index contributed by atoms with van der Waals surface area (Å²) in [5.74, 6) is 0.141. The summed E-state index contributed by atoms with van der Waals surface area (Å²) in [5.41, 5.74) is 1.61. The van der Waals surface area contributed by atoms with Crippen LogP contribution in [-0.4, -0.2) is 0 Å². The predicted octanol–water partition coefficient (Wildman–Crippen LogP) is 4.97. The quantitative estimate of drug-likeness (QED) is 0.786. The first-order chi connectivity index (χ1) is 9.10. The van der Waals surface area contributed by atoms with Crippen molar-refractivity contribution >= 4 is 11.8 Å². The molecule has 0 bridgehead atoms. The van der Waals surface area contributed by atoms with Gasteiger partial charge in [-0.1, -0.05) is 37.7 Å². The third kappa shape index (κ3) is 3.36. The molecule has 0 aliphatic rings. The first-order valence-corrected chi connectivity index (χ1v) is 6.89. The smallest absolute Gasteiger partial charge is 0.138 e. The van der Waals surface area contributed by atoms with Crippen molar-refractivity contribution in [3.05, 3.63) is 59.4 Å². The lowest BCUT2D eigenvalue weighted by atomic mass is 10.0. The molecule has 0 aliphatic carbocycles. The second kappa shape index (κ2) is 5.90. The Balaban J connectivity index is 2.19. The van der Waals surface area contributed by atoms with Crippen molar-refractivity contribution in [3.63, 3.8) is 0 Å². The van der Waals surface area contributed by atoms with Crippen LogP contribution >= 0.6 is 11.8 Å². The van der Waals surface area contributed by atoms with Crippen LogP contribution in [0.5, 0.6) is 0 Å². The summed E-state index contributed by atoms with van der Waals surface area (Å²) >= 11 is 1.37. The molecule has 0 saturated heterocycles. The van der Waals surface area contributed by atoms with Gasteiger partial charge in [0.2, 0.25) is 0 Å². The summed E-state index contributed by atoms with van der Waals surface area (Å²) in [7, 11) is 0. The molecular weight excluding hydrogens is 257 g/mol. The van der Waals surface area contributed by atoms with Crippen molar-refractivity contribution in [2.75, 3.05) is 0 Å². The fourth-order valence-electron chi connectivity index (χ4n) is 1.70. The highest BCUT2D eigenvalue weighted by molar-refractivity contribution is 7.99. The van der Waals surface area contributed by atoms with Crippen LogP contribution in [0.1, 0.15) is 30.9 Å². The standard InChI is InChI=1S/C16H14FNS/c1-11(2)13-4-6-14(7-5-13)19-16-8-3-12(10-18)9-15(16)17/h3-9,11H,1-2H3. The minimum atomic E-state index is -0.350. The molecule has 3 heteroatoms. The highest BCUT2D eigenvalue weighted by atomic mass is 32.2. The molecule has 2 aromatic rings. The molecule has 0 spiro atoms. The molecular formula is C16H14FNS. The van der Waals surface area contributed by atoms with Crippen molar-refractivity contribution < 1.29 is 4.39 Å². The third-order valence-electron chi connectivity index (χ3n) is 2.84. The van der Waals surface area contributed by atoms with Gasteiger partial charge in [0.1, 0.15) is 5.82 Å². The Hall–Kier alpha value is -1.79. The fraction of sp³-hybridized carbons (Fsp3) is 0.188. The molecule has 0 saturated carbocycles. The molecule has 2 rings (SSSR count). The second-order valence-electron chi connectivity index (χ2n) is 4.58. The van der Waals surface area contributed by atoms with Crippen molar-refractivity contribution in [1.29, 1.82) is 5.26 Å². The number of halogens is 1. The van der Waals surface area contributed by atoms with Crippen molar-refractivity contribution in [3.8, 4) is 6.07 Å². The Kier molecular flexibility index (Phi) is 4.24. The lowest BCUT2D eigenvalue weighted by Crippen LogP contribution is -1.87. The Morgan fingerprint density at radius 3 is 2.32 bits per heavy atom. The molecule has 0 radical (unpaired) electrons. The molecule has 0 fully saturated rings. The van der Waals surface area contributed by atoms with E-state index in [1.54, 1.807) is 12.1 Å². The van der Waals surface area contributed by atoms with Gasteiger partial charge in [0.05, 0.1) is 11.6 Å². The van der Waals surface area contributed by atoms with E-state index in [-0.39, 0.29) is 5.82 Å². The first kappa shape index (κ1) is 13.6. The largest absolute Gasteiger partial charge is 0.206 e. The van der Waals surface area contributed by atoms with Gasteiger partial charge in [0.15, 0.2) is 0 Å². The minimum Gasteiger partial charge on any atom is -0.206 e. The second-order valence-corrected chi connectivity index (χ2v) is 5.70. The summed E-state index contributed by atoms with van der Waals surface area (Å²) in [6.45, 7) is 4.28. The van der Waals surface area contributed by atoms with Crippen molar-refractivity contribution in [2.24, 2.45) is 0 Å². The van der Waals surface area contributed by atoms with Crippen LogP contribution in [0.25, 0.3) is 0 Å². The zero-order valence-electron chi connectivity index (χ0n) is 10.9. The minimum absolute atomic E-state index is 0.344. The van der Waals surface area contributed by atoms with Gasteiger partial charge in [-0.05, 0) is 41.8 Å². The van der Waals surface area contributed by atoms with Crippen LogP contribution in [0.3, 0.4) is 0 Å². The average molecular weight is 271 g/mol. The van der Waals surface area contributed by atoms with E-state index >= 15 is 0 Å². The van der Waals surface area contributed by atoms with Gasteiger partial charge in [-0.3, -0.25) is 0 Å². The van der Waals surface area contributed by atoms with E-state index in [0.29, 0.717) is 16.4 Å². The van der Waals surface area contributed by atoms with Crippen molar-refractivity contribution in [2.45, 2.75) is 29.6 Å². The molecule has 2 aromatic carbocycles. The van der Waals surface area contributed by atoms with Crippen molar-refractivity contribution in [1.82, 2.24) is 0 Å². The zero-order chi connectivity index (χ0) is 13.8. The van der Waals surface area contributed by atoms with Gasteiger partial charge < -0.3 is 0 Å². The van der Waals surface area contributed by atoms with Crippen LogP contribution in [0.15, 0.2) is 52.3 Å². The molecule has 1 nitrogen and oxygen atoms in total. The maximum atomic E-state index is 13.8. The highest BCUT2D eigenvalue weighted by Crippen LogP contribution is 2.31. The summed E-state index contributed by atoms with van der Waals surface area (Å²) in [6.07, 6.45) is 0.